The molecule has 3 aliphatic rings. The Kier molecular flexibility index (Phi) is 6.06. The number of hydrogen-bond acceptors (Lipinski definition) is 5. The molecule has 2 N–H and O–H groups in total. The van der Waals surface area contributed by atoms with Gasteiger partial charge < -0.3 is 10.2 Å². The molecule has 39 heavy (non-hydrogen) atoms. The largest absolute Gasteiger partial charge is 0.416 e. The molecule has 0 radical (unpaired) electrons. The molecule has 0 atom stereocenters. The molecule has 6 nitrogen and oxygen atoms in total. The fourth-order valence-electron chi connectivity index (χ4n) is 5.03. The number of nitrogens with one attached hydrogen (secondary N) is 2. The third-order valence-corrected chi connectivity index (χ3v) is 8.41. The molecule has 1 aliphatic carbocycles. The third kappa shape index (κ3) is 5.05. The Balaban J connectivity index is 1.43. The van der Waals surface area contributed by atoms with Gasteiger partial charge in [0.1, 0.15) is 0 Å². The number of thioether (sulfide) groups is 1. The summed E-state index contributed by atoms with van der Waals surface area (Å²) in [5, 5.41) is 11.4. The number of hydrogen-bond donors (Lipinski definition) is 2. The quantitative estimate of drug-likeness (QED) is 0.319. The van der Waals surface area contributed by atoms with Crippen LogP contribution >= 0.6 is 11.8 Å². The Morgan fingerprint density at radius 2 is 1.85 bits per heavy atom. The summed E-state index contributed by atoms with van der Waals surface area (Å²) in [5.74, 6) is -0.582. The first-order chi connectivity index (χ1) is 18.4. The van der Waals surface area contributed by atoms with Gasteiger partial charge in [-0.05, 0) is 72.0 Å². The van der Waals surface area contributed by atoms with Crippen LogP contribution in [0.5, 0.6) is 0 Å². The molecular formula is C26H21F6N5OS. The van der Waals surface area contributed by atoms with Crippen molar-refractivity contribution in [3.05, 3.63) is 69.8 Å². The maximum absolute atomic E-state index is 14.0. The number of rotatable bonds is 3. The molecule has 2 aliphatic heterocycles. The van der Waals surface area contributed by atoms with Crippen LogP contribution < -0.4 is 5.32 Å². The van der Waals surface area contributed by atoms with Crippen LogP contribution in [0.1, 0.15) is 35.1 Å². The van der Waals surface area contributed by atoms with Crippen LogP contribution in [0.15, 0.2) is 52.5 Å². The zero-order chi connectivity index (χ0) is 27.6. The zero-order valence-electron chi connectivity index (χ0n) is 20.2. The molecule has 204 valence electrons. The number of aromatic amines is 1. The number of alkyl halides is 6. The molecule has 1 spiro atoms. The van der Waals surface area contributed by atoms with E-state index in [4.69, 9.17) is 0 Å². The van der Waals surface area contributed by atoms with Crippen molar-refractivity contribution < 1.29 is 31.1 Å². The van der Waals surface area contributed by atoms with E-state index in [-0.39, 0.29) is 27.6 Å². The molecule has 3 heterocycles. The molecule has 1 aromatic heterocycles. The Labute approximate surface area is 222 Å². The van der Waals surface area contributed by atoms with Crippen LogP contribution in [0.4, 0.5) is 26.3 Å². The van der Waals surface area contributed by atoms with E-state index in [1.54, 1.807) is 24.4 Å². The molecule has 13 heteroatoms. The van der Waals surface area contributed by atoms with Crippen LogP contribution in [0, 0.1) is 0 Å². The molecule has 1 saturated carbocycles. The first kappa shape index (κ1) is 25.9. The summed E-state index contributed by atoms with van der Waals surface area (Å²) in [6, 6.07) is 6.62. The monoisotopic (exact) mass is 565 g/mol. The first-order valence-electron chi connectivity index (χ1n) is 12.2. The lowest BCUT2D eigenvalue weighted by molar-refractivity contribution is -0.143. The van der Waals surface area contributed by atoms with Crippen molar-refractivity contribution in [2.75, 3.05) is 19.6 Å². The lowest BCUT2D eigenvalue weighted by Crippen LogP contribution is -2.53. The minimum atomic E-state index is -5.03. The van der Waals surface area contributed by atoms with Crippen molar-refractivity contribution >= 4 is 39.3 Å². The molecule has 0 bridgehead atoms. The van der Waals surface area contributed by atoms with Crippen LogP contribution in [0.25, 0.3) is 16.5 Å². The van der Waals surface area contributed by atoms with E-state index in [9.17, 15) is 31.1 Å². The number of carbonyl (C=O) groups excluding carboxylic acids is 1. The highest BCUT2D eigenvalue weighted by atomic mass is 32.2. The van der Waals surface area contributed by atoms with Crippen LogP contribution in [0.3, 0.4) is 0 Å². The minimum absolute atomic E-state index is 0.00777. The van der Waals surface area contributed by atoms with Gasteiger partial charge in [-0.3, -0.25) is 9.89 Å². The van der Waals surface area contributed by atoms with Crippen molar-refractivity contribution in [1.82, 2.24) is 20.4 Å². The molecule has 0 unspecified atom stereocenters. The van der Waals surface area contributed by atoms with E-state index >= 15 is 0 Å². The van der Waals surface area contributed by atoms with Gasteiger partial charge in [-0.1, -0.05) is 12.1 Å². The number of aromatic nitrogens is 2. The van der Waals surface area contributed by atoms with E-state index in [0.717, 1.165) is 37.2 Å². The number of carbonyl (C=O) groups is 1. The van der Waals surface area contributed by atoms with Crippen molar-refractivity contribution in [1.29, 1.82) is 0 Å². The predicted octanol–water partition coefficient (Wildman–Crippen LogP) is 5.62. The summed E-state index contributed by atoms with van der Waals surface area (Å²) in [6.07, 6.45) is -6.81. The van der Waals surface area contributed by atoms with Gasteiger partial charge in [0.15, 0.2) is 5.17 Å². The number of halogens is 6. The predicted molar refractivity (Wildman–Crippen MR) is 135 cm³/mol. The number of amidine groups is 1. The number of benzene rings is 2. The highest BCUT2D eigenvalue weighted by Gasteiger charge is 2.47. The van der Waals surface area contributed by atoms with Crippen molar-refractivity contribution in [2.24, 2.45) is 4.99 Å². The number of allylic oxidation sites excluding steroid dienone is 1. The van der Waals surface area contributed by atoms with Crippen molar-refractivity contribution in [3.63, 3.8) is 0 Å². The third-order valence-electron chi connectivity index (χ3n) is 7.26. The summed E-state index contributed by atoms with van der Waals surface area (Å²) in [7, 11) is 0. The number of aliphatic imine (C=N–C) groups is 1. The molecule has 2 aromatic carbocycles. The summed E-state index contributed by atoms with van der Waals surface area (Å²) in [6.45, 7) is 2.02. The number of piperazine rings is 1. The second-order valence-electron chi connectivity index (χ2n) is 9.95. The molecule has 3 aromatic rings. The summed E-state index contributed by atoms with van der Waals surface area (Å²) in [4.78, 5) is 19.6. The van der Waals surface area contributed by atoms with Gasteiger partial charge >= 0.3 is 12.4 Å². The Morgan fingerprint density at radius 3 is 2.56 bits per heavy atom. The number of amides is 1. The maximum atomic E-state index is 14.0. The Bertz CT molecular complexity index is 1540. The van der Waals surface area contributed by atoms with E-state index in [0.29, 0.717) is 40.8 Å². The van der Waals surface area contributed by atoms with E-state index in [1.807, 2.05) is 4.90 Å². The van der Waals surface area contributed by atoms with Crippen LogP contribution in [0.2, 0.25) is 0 Å². The minimum Gasteiger partial charge on any atom is -0.348 e. The highest BCUT2D eigenvalue weighted by molar-refractivity contribution is 8.18. The Morgan fingerprint density at radius 1 is 1.05 bits per heavy atom. The molecule has 2 fully saturated rings. The number of H-pyrrole nitrogens is 1. The fourth-order valence-corrected chi connectivity index (χ4v) is 6.07. The average Bonchev–Trinajstić information content (AvgIpc) is 3.27. The lowest BCUT2D eigenvalue weighted by Gasteiger charge is -2.34. The molecule has 1 saturated heterocycles. The molecule has 1 amide bonds. The Hall–Kier alpha value is -3.32. The summed E-state index contributed by atoms with van der Waals surface area (Å²) in [5.41, 5.74) is -1.74. The molecular weight excluding hydrogens is 544 g/mol. The standard InChI is InChI=1S/C26H21F6N5OS/c27-25(28,29)17-3-1-15(19(11-17)26(30,31)32)10-18(14-2-4-20-16(9-14)12-34-36-20)21-22(38)35-23(39-21)37-8-7-33-24(13-37)5-6-24/h1-4,9,11-12,33H,5-8,10,13H2,(H,34,36). The van der Waals surface area contributed by atoms with E-state index in [1.165, 1.54) is 0 Å². The highest BCUT2D eigenvalue weighted by Crippen LogP contribution is 2.43. The van der Waals surface area contributed by atoms with Gasteiger partial charge in [-0.25, -0.2) is 0 Å². The normalized spacial score (nSPS) is 20.6. The van der Waals surface area contributed by atoms with Crippen molar-refractivity contribution in [3.8, 4) is 0 Å². The number of nitrogens with zero attached hydrogens (tertiary/aromatic N) is 3. The van der Waals surface area contributed by atoms with Gasteiger partial charge in [0.05, 0.1) is 27.7 Å². The van der Waals surface area contributed by atoms with Crippen molar-refractivity contribution in [2.45, 2.75) is 37.2 Å². The topological polar surface area (TPSA) is 73.4 Å². The van der Waals surface area contributed by atoms with Gasteiger partial charge in [-0.15, -0.1) is 0 Å². The van der Waals surface area contributed by atoms with Crippen LogP contribution in [-0.2, 0) is 23.6 Å². The van der Waals surface area contributed by atoms with E-state index < -0.39 is 35.8 Å². The number of fused-ring (bicyclic) bond motifs is 1. The SMILES string of the molecule is O=C1N=C(N2CCNC3(CC3)C2)SC1=C(Cc1ccc(C(F)(F)F)cc1C(F)(F)F)c1ccc2[nH]ncc2c1. The summed E-state index contributed by atoms with van der Waals surface area (Å²) < 4.78 is 81.7. The lowest BCUT2D eigenvalue weighted by atomic mass is 9.92. The van der Waals surface area contributed by atoms with Gasteiger partial charge in [0, 0.05) is 30.6 Å². The fraction of sp³-hybridized carbons (Fsp3) is 0.346. The van der Waals surface area contributed by atoms with Gasteiger partial charge in [0.2, 0.25) is 0 Å². The average molecular weight is 566 g/mol. The van der Waals surface area contributed by atoms with E-state index in [2.05, 4.69) is 20.5 Å². The molecule has 6 rings (SSSR count). The zero-order valence-corrected chi connectivity index (χ0v) is 21.0. The summed E-state index contributed by atoms with van der Waals surface area (Å²) >= 11 is 1.10. The first-order valence-corrected chi connectivity index (χ1v) is 13.0. The second-order valence-corrected chi connectivity index (χ2v) is 10.9. The second kappa shape index (κ2) is 9.12. The maximum Gasteiger partial charge on any atom is 0.416 e. The van der Waals surface area contributed by atoms with Gasteiger partial charge in [0.25, 0.3) is 5.91 Å². The smallest absolute Gasteiger partial charge is 0.348 e. The van der Waals surface area contributed by atoms with Gasteiger partial charge in [-0.2, -0.15) is 36.4 Å². The van der Waals surface area contributed by atoms with Crippen LogP contribution in [-0.4, -0.2) is 51.3 Å².